The second-order valence-corrected chi connectivity index (χ2v) is 5.81. The molecule has 0 aromatic carbocycles. The van der Waals surface area contributed by atoms with Crippen molar-refractivity contribution in [3.05, 3.63) is 39.2 Å². The first-order valence-corrected chi connectivity index (χ1v) is 7.45. The number of hydrogen-bond donors (Lipinski definition) is 2. The maximum Gasteiger partial charge on any atom is 0.330 e. The van der Waals surface area contributed by atoms with Crippen molar-refractivity contribution in [1.29, 1.82) is 0 Å². The number of aromatic amines is 1. The lowest BCUT2D eigenvalue weighted by Crippen LogP contribution is -2.33. The molecule has 19 heavy (non-hydrogen) atoms. The lowest BCUT2D eigenvalue weighted by Gasteiger charge is -2.15. The zero-order valence-electron chi connectivity index (χ0n) is 9.81. The molecule has 8 heteroatoms. The average molecular weight is 396 g/mol. The average Bonchev–Trinajstić information content (AvgIpc) is 2.69. The molecule has 0 radical (unpaired) electrons. The minimum atomic E-state index is -0.654. The Morgan fingerprint density at radius 1 is 1.63 bits per heavy atom. The molecule has 2 heterocycles. The summed E-state index contributed by atoms with van der Waals surface area (Å²) < 4.78 is 7.20. The number of nitrogens with zero attached hydrogens (tertiary/aromatic N) is 1. The second-order valence-electron chi connectivity index (χ2n) is 4.20. The highest BCUT2D eigenvalue weighted by atomic mass is 79.9. The molecule has 2 rings (SSSR count). The van der Waals surface area contributed by atoms with E-state index in [9.17, 15) is 14.7 Å². The molecule has 1 aliphatic rings. The van der Waals surface area contributed by atoms with Gasteiger partial charge in [-0.25, -0.2) is 4.79 Å². The van der Waals surface area contributed by atoms with Gasteiger partial charge in [-0.1, -0.05) is 38.4 Å². The van der Waals surface area contributed by atoms with Gasteiger partial charge in [0.2, 0.25) is 0 Å². The number of hydrogen-bond acceptors (Lipinski definition) is 4. The molecular formula is C11H12Br2N2O4. The van der Waals surface area contributed by atoms with Gasteiger partial charge in [0.05, 0.1) is 17.8 Å². The van der Waals surface area contributed by atoms with E-state index in [1.165, 1.54) is 10.8 Å². The molecule has 0 spiro atoms. The highest BCUT2D eigenvalue weighted by Crippen LogP contribution is 2.29. The fourth-order valence-electron chi connectivity index (χ4n) is 1.92. The van der Waals surface area contributed by atoms with Crippen LogP contribution in [-0.2, 0) is 4.74 Å². The molecule has 1 aromatic rings. The van der Waals surface area contributed by atoms with Crippen molar-refractivity contribution in [2.24, 2.45) is 0 Å². The Morgan fingerprint density at radius 3 is 2.84 bits per heavy atom. The third-order valence-electron chi connectivity index (χ3n) is 2.93. The summed E-state index contributed by atoms with van der Waals surface area (Å²) in [5, 5.41) is 10.2. The Balaban J connectivity index is 2.41. The monoisotopic (exact) mass is 394 g/mol. The molecule has 1 fully saturated rings. The number of halogens is 2. The van der Waals surface area contributed by atoms with Crippen LogP contribution in [0, 0.1) is 0 Å². The molecule has 0 aliphatic carbocycles. The van der Waals surface area contributed by atoms with Crippen LogP contribution in [0.5, 0.6) is 0 Å². The van der Waals surface area contributed by atoms with E-state index < -0.39 is 23.6 Å². The number of aliphatic hydroxyl groups excluding tert-OH is 1. The fraction of sp³-hybridized carbons (Fsp3) is 0.455. The van der Waals surface area contributed by atoms with E-state index in [-0.39, 0.29) is 18.1 Å². The molecule has 1 aromatic heterocycles. The summed E-state index contributed by atoms with van der Waals surface area (Å²) in [4.78, 5) is 25.6. The van der Waals surface area contributed by atoms with Crippen molar-refractivity contribution < 1.29 is 9.84 Å². The summed E-state index contributed by atoms with van der Waals surface area (Å²) in [6.45, 7) is 3.61. The van der Waals surface area contributed by atoms with E-state index in [0.717, 1.165) is 0 Å². The van der Waals surface area contributed by atoms with Gasteiger partial charge in [0.15, 0.2) is 0 Å². The number of alkyl halides is 1. The lowest BCUT2D eigenvalue weighted by atomic mass is 10.2. The Bertz CT molecular complexity index is 609. The van der Waals surface area contributed by atoms with Gasteiger partial charge in [0.1, 0.15) is 6.23 Å². The summed E-state index contributed by atoms with van der Waals surface area (Å²) in [5.41, 5.74) is -0.839. The molecule has 0 amide bonds. The van der Waals surface area contributed by atoms with Gasteiger partial charge in [-0.3, -0.25) is 14.3 Å². The van der Waals surface area contributed by atoms with E-state index in [2.05, 4.69) is 43.4 Å². The maximum absolute atomic E-state index is 11.8. The van der Waals surface area contributed by atoms with Crippen LogP contribution < -0.4 is 11.2 Å². The Labute approximate surface area is 125 Å². The normalized spacial score (nSPS) is 26.6. The Hall–Kier alpha value is -0.700. The number of aromatic nitrogens is 2. The quantitative estimate of drug-likeness (QED) is 0.746. The van der Waals surface area contributed by atoms with E-state index in [0.29, 0.717) is 9.81 Å². The first-order chi connectivity index (χ1) is 8.93. The Kier molecular flexibility index (Phi) is 4.44. The molecular weight excluding hydrogens is 384 g/mol. The highest BCUT2D eigenvalue weighted by molar-refractivity contribution is 9.15. The van der Waals surface area contributed by atoms with Crippen LogP contribution in [0.1, 0.15) is 18.2 Å². The maximum atomic E-state index is 11.8. The van der Waals surface area contributed by atoms with Crippen LogP contribution in [-0.4, -0.2) is 32.2 Å². The van der Waals surface area contributed by atoms with Crippen LogP contribution in [0.3, 0.4) is 0 Å². The van der Waals surface area contributed by atoms with Crippen LogP contribution in [0.25, 0.3) is 4.48 Å². The van der Waals surface area contributed by atoms with Crippen molar-refractivity contribution in [3.63, 3.8) is 0 Å². The van der Waals surface area contributed by atoms with Gasteiger partial charge in [-0.2, -0.15) is 0 Å². The molecule has 3 atom stereocenters. The lowest BCUT2D eigenvalue weighted by molar-refractivity contribution is -0.00698. The van der Waals surface area contributed by atoms with E-state index in [1.54, 1.807) is 0 Å². The van der Waals surface area contributed by atoms with Crippen LogP contribution in [0.2, 0.25) is 0 Å². The second kappa shape index (κ2) is 5.74. The predicted molar refractivity (Wildman–Crippen MR) is 77.6 cm³/mol. The Morgan fingerprint density at radius 2 is 2.32 bits per heavy atom. The number of rotatable bonds is 3. The third kappa shape index (κ3) is 2.91. The largest absolute Gasteiger partial charge is 0.390 e. The summed E-state index contributed by atoms with van der Waals surface area (Å²) in [6, 6.07) is 0. The minimum Gasteiger partial charge on any atom is -0.390 e. The molecule has 0 saturated carbocycles. The van der Waals surface area contributed by atoms with Gasteiger partial charge in [-0.05, 0) is 0 Å². The molecule has 1 aliphatic heterocycles. The topological polar surface area (TPSA) is 84.3 Å². The first-order valence-electron chi connectivity index (χ1n) is 5.53. The highest BCUT2D eigenvalue weighted by Gasteiger charge is 2.34. The van der Waals surface area contributed by atoms with Crippen molar-refractivity contribution in [1.82, 2.24) is 9.55 Å². The molecule has 2 N–H and O–H groups in total. The van der Waals surface area contributed by atoms with Crippen molar-refractivity contribution in [2.75, 3.05) is 5.33 Å². The van der Waals surface area contributed by atoms with Gasteiger partial charge >= 0.3 is 5.69 Å². The molecule has 0 bridgehead atoms. The van der Waals surface area contributed by atoms with E-state index in [4.69, 9.17) is 4.74 Å². The fourth-order valence-corrected chi connectivity index (χ4v) is 2.78. The molecule has 0 unspecified atom stereocenters. The number of H-pyrrole nitrogens is 1. The molecule has 1 saturated heterocycles. The number of nitrogens with one attached hydrogen (secondary N) is 1. The van der Waals surface area contributed by atoms with E-state index in [1.807, 2.05) is 0 Å². The van der Waals surface area contributed by atoms with Crippen molar-refractivity contribution in [2.45, 2.75) is 24.9 Å². The molecule has 104 valence electrons. The standard InChI is InChI=1S/C11H12Br2N2O4/c1-5(13)6-4-15(11(18)14-10(6)17)9-2-7(16)8(3-12)19-9/h4,7-9,16H,1-3H2,(H,14,17,18)/t7-,8+,9+/m0/s1. The van der Waals surface area contributed by atoms with Crippen molar-refractivity contribution >= 4 is 36.3 Å². The van der Waals surface area contributed by atoms with Crippen LogP contribution in [0.15, 0.2) is 22.4 Å². The van der Waals surface area contributed by atoms with Crippen molar-refractivity contribution in [3.8, 4) is 0 Å². The zero-order valence-corrected chi connectivity index (χ0v) is 13.0. The van der Waals surface area contributed by atoms with E-state index >= 15 is 0 Å². The number of ether oxygens (including phenoxy) is 1. The first kappa shape index (κ1) is 14.7. The van der Waals surface area contributed by atoms with Gasteiger partial charge in [0.25, 0.3) is 5.56 Å². The predicted octanol–water partition coefficient (Wildman–Crippen LogP) is 0.945. The number of aliphatic hydroxyl groups is 1. The SMILES string of the molecule is C=C(Br)c1cn([C@H]2C[C@H](O)[C@@H](CBr)O2)c(=O)[nH]c1=O. The summed E-state index contributed by atoms with van der Waals surface area (Å²) in [7, 11) is 0. The van der Waals surface area contributed by atoms with Gasteiger partial charge in [-0.15, -0.1) is 0 Å². The summed E-state index contributed by atoms with van der Waals surface area (Å²) in [5.74, 6) is 0. The van der Waals surface area contributed by atoms with Crippen LogP contribution in [0.4, 0.5) is 0 Å². The minimum absolute atomic E-state index is 0.250. The smallest absolute Gasteiger partial charge is 0.330 e. The summed E-state index contributed by atoms with van der Waals surface area (Å²) >= 11 is 6.34. The zero-order chi connectivity index (χ0) is 14.2. The summed E-state index contributed by atoms with van der Waals surface area (Å²) in [6.07, 6.45) is 0.0358. The van der Waals surface area contributed by atoms with Gasteiger partial charge in [0, 0.05) is 22.4 Å². The third-order valence-corrected chi connectivity index (χ3v) is 3.99. The van der Waals surface area contributed by atoms with Gasteiger partial charge < -0.3 is 9.84 Å². The molecule has 6 nitrogen and oxygen atoms in total. The van der Waals surface area contributed by atoms with Crippen LogP contribution >= 0.6 is 31.9 Å².